The van der Waals surface area contributed by atoms with Crippen molar-refractivity contribution in [2.45, 2.75) is 77.8 Å². The van der Waals surface area contributed by atoms with Crippen molar-refractivity contribution in [1.82, 2.24) is 24.4 Å². The Morgan fingerprint density at radius 2 is 1.84 bits per heavy atom. The van der Waals surface area contributed by atoms with E-state index in [1.54, 1.807) is 0 Å². The smallest absolute Gasteiger partial charge is 0.277 e. The van der Waals surface area contributed by atoms with Crippen LogP contribution in [-0.2, 0) is 22.6 Å². The number of nitrogens with zero attached hydrogens (tertiary/aromatic N) is 4. The minimum absolute atomic E-state index is 0.0581. The monoisotopic (exact) mass is 439 g/mol. The fourth-order valence-corrected chi connectivity index (χ4v) is 5.64. The molecule has 8 heteroatoms. The van der Waals surface area contributed by atoms with E-state index in [0.717, 1.165) is 62.9 Å². The molecule has 1 aliphatic carbocycles. The first-order chi connectivity index (χ1) is 15.4. The summed E-state index contributed by atoms with van der Waals surface area (Å²) in [5, 5.41) is 3.25. The molecule has 4 heterocycles. The number of likely N-dealkylation sites (tertiary alicyclic amines) is 1. The Kier molecular flexibility index (Phi) is 5.55. The molecule has 1 saturated heterocycles. The number of nitrogens with one attached hydrogen (secondary N) is 1. The molecule has 172 valence electrons. The van der Waals surface area contributed by atoms with E-state index in [0.29, 0.717) is 30.7 Å². The first-order valence-corrected chi connectivity index (χ1v) is 12.2. The number of fused-ring (bicyclic) bond motifs is 2. The van der Waals surface area contributed by atoms with Crippen LogP contribution in [0.1, 0.15) is 81.8 Å². The molecule has 2 aromatic heterocycles. The second kappa shape index (κ2) is 8.37. The van der Waals surface area contributed by atoms with Crippen LogP contribution in [0.5, 0.6) is 0 Å². The number of aromatic amines is 1. The number of hydrogen-bond donors (Lipinski definition) is 1. The van der Waals surface area contributed by atoms with Gasteiger partial charge in [0.05, 0.1) is 29.5 Å². The van der Waals surface area contributed by atoms with Crippen molar-refractivity contribution in [3.63, 3.8) is 0 Å². The highest BCUT2D eigenvalue weighted by Crippen LogP contribution is 2.32. The lowest BCUT2D eigenvalue weighted by Crippen LogP contribution is -2.42. The van der Waals surface area contributed by atoms with Crippen LogP contribution in [0.3, 0.4) is 0 Å². The maximum Gasteiger partial charge on any atom is 0.277 e. The van der Waals surface area contributed by atoms with E-state index in [1.807, 2.05) is 29.7 Å². The number of carbonyl (C=O) groups excluding carboxylic acids is 2. The van der Waals surface area contributed by atoms with E-state index in [9.17, 15) is 14.4 Å². The molecule has 32 heavy (non-hydrogen) atoms. The molecule has 2 aliphatic heterocycles. The van der Waals surface area contributed by atoms with E-state index in [1.165, 1.54) is 4.52 Å². The summed E-state index contributed by atoms with van der Waals surface area (Å²) < 4.78 is 1.50. The van der Waals surface area contributed by atoms with Crippen molar-refractivity contribution in [2.75, 3.05) is 13.1 Å². The molecule has 0 unspecified atom stereocenters. The van der Waals surface area contributed by atoms with Gasteiger partial charge in [-0.2, -0.15) is 0 Å². The van der Waals surface area contributed by atoms with Crippen LogP contribution in [0.2, 0.25) is 0 Å². The molecule has 2 fully saturated rings. The van der Waals surface area contributed by atoms with Gasteiger partial charge in [0.15, 0.2) is 5.65 Å². The lowest BCUT2D eigenvalue weighted by atomic mass is 9.97. The molecule has 1 N–H and O–H groups in total. The lowest BCUT2D eigenvalue weighted by molar-refractivity contribution is -0.138. The van der Waals surface area contributed by atoms with Crippen LogP contribution < -0.4 is 5.56 Å². The first kappa shape index (κ1) is 21.2. The van der Waals surface area contributed by atoms with Gasteiger partial charge in [0.1, 0.15) is 0 Å². The third-order valence-electron chi connectivity index (χ3n) is 7.44. The zero-order valence-electron chi connectivity index (χ0n) is 19.1. The van der Waals surface area contributed by atoms with Gasteiger partial charge in [0.25, 0.3) is 5.56 Å². The van der Waals surface area contributed by atoms with Crippen LogP contribution >= 0.6 is 0 Å². The highest BCUT2D eigenvalue weighted by atomic mass is 16.2. The summed E-state index contributed by atoms with van der Waals surface area (Å²) in [5.74, 6) is 0.393. The predicted octanol–water partition coefficient (Wildman–Crippen LogP) is 2.81. The SMILES string of the molecule is CC(C)C(=O)N1CCCC[C@@H]1c1cc2nc3c(c(=O)n2[nH]1)CN(C(=O)C1CCCC1)CC3. The van der Waals surface area contributed by atoms with E-state index in [2.05, 4.69) is 5.10 Å². The van der Waals surface area contributed by atoms with Gasteiger partial charge in [-0.1, -0.05) is 26.7 Å². The maximum atomic E-state index is 13.4. The normalized spacial score (nSPS) is 22.0. The molecular formula is C24H33N5O3. The number of carbonyl (C=O) groups is 2. The molecule has 8 nitrogen and oxygen atoms in total. The Morgan fingerprint density at radius 1 is 1.09 bits per heavy atom. The zero-order valence-corrected chi connectivity index (χ0v) is 19.1. The molecule has 2 amide bonds. The summed E-state index contributed by atoms with van der Waals surface area (Å²) in [6.45, 7) is 5.57. The van der Waals surface area contributed by atoms with Crippen molar-refractivity contribution in [1.29, 1.82) is 0 Å². The Morgan fingerprint density at radius 3 is 2.59 bits per heavy atom. The van der Waals surface area contributed by atoms with Crippen LogP contribution in [0.4, 0.5) is 0 Å². The van der Waals surface area contributed by atoms with Gasteiger partial charge in [0, 0.05) is 37.4 Å². The van der Waals surface area contributed by atoms with Gasteiger partial charge in [-0.25, -0.2) is 9.50 Å². The van der Waals surface area contributed by atoms with E-state index in [-0.39, 0.29) is 35.3 Å². The highest BCUT2D eigenvalue weighted by Gasteiger charge is 2.33. The average molecular weight is 440 g/mol. The quantitative estimate of drug-likeness (QED) is 0.796. The molecule has 2 aromatic rings. The summed E-state index contributed by atoms with van der Waals surface area (Å²) in [6, 6.07) is 1.87. The van der Waals surface area contributed by atoms with Crippen LogP contribution in [-0.4, -0.2) is 49.3 Å². The molecule has 3 aliphatic rings. The Bertz CT molecular complexity index is 1090. The second-order valence-corrected chi connectivity index (χ2v) is 9.94. The van der Waals surface area contributed by atoms with Gasteiger partial charge >= 0.3 is 0 Å². The zero-order chi connectivity index (χ0) is 22.4. The summed E-state index contributed by atoms with van der Waals surface area (Å²) in [5.41, 5.74) is 2.76. The largest absolute Gasteiger partial charge is 0.337 e. The molecule has 1 atom stereocenters. The fourth-order valence-electron chi connectivity index (χ4n) is 5.64. The summed E-state index contributed by atoms with van der Waals surface area (Å²) >= 11 is 0. The van der Waals surface area contributed by atoms with Gasteiger partial charge < -0.3 is 9.80 Å². The number of H-pyrrole nitrogens is 1. The molecule has 5 rings (SSSR count). The molecule has 1 saturated carbocycles. The third kappa shape index (κ3) is 3.63. The third-order valence-corrected chi connectivity index (χ3v) is 7.44. The Balaban J connectivity index is 1.45. The maximum absolute atomic E-state index is 13.4. The molecule has 0 radical (unpaired) electrons. The van der Waals surface area contributed by atoms with Crippen LogP contribution in [0.25, 0.3) is 5.65 Å². The summed E-state index contributed by atoms with van der Waals surface area (Å²) in [7, 11) is 0. The van der Waals surface area contributed by atoms with Crippen molar-refractivity contribution in [2.24, 2.45) is 11.8 Å². The Hall–Kier alpha value is -2.64. The minimum Gasteiger partial charge on any atom is -0.337 e. The van der Waals surface area contributed by atoms with Gasteiger partial charge in [0.2, 0.25) is 11.8 Å². The number of aromatic nitrogens is 3. The lowest BCUT2D eigenvalue weighted by Gasteiger charge is -2.36. The molecule has 0 aromatic carbocycles. The predicted molar refractivity (Wildman–Crippen MR) is 120 cm³/mol. The molecule has 0 bridgehead atoms. The summed E-state index contributed by atoms with van der Waals surface area (Å²) in [4.78, 5) is 47.6. The van der Waals surface area contributed by atoms with Crippen molar-refractivity contribution in [3.8, 4) is 0 Å². The molecular weight excluding hydrogens is 406 g/mol. The van der Waals surface area contributed by atoms with Crippen LogP contribution in [0.15, 0.2) is 10.9 Å². The van der Waals surface area contributed by atoms with Gasteiger partial charge in [-0.15, -0.1) is 0 Å². The first-order valence-electron chi connectivity index (χ1n) is 12.2. The molecule has 0 spiro atoms. The van der Waals surface area contributed by atoms with E-state index < -0.39 is 0 Å². The number of hydrogen-bond acceptors (Lipinski definition) is 4. The average Bonchev–Trinajstić information content (AvgIpc) is 3.48. The standard InChI is InChI=1S/C24H33N5O3/c1-15(2)22(30)28-11-6-5-9-20(28)19-13-21-25-18-10-12-27(23(31)16-7-3-4-8-16)14-17(18)24(32)29(21)26-19/h13,15-16,20,26H,3-12,14H2,1-2H3/t20-/m1/s1. The minimum atomic E-state index is -0.127. The number of rotatable bonds is 3. The van der Waals surface area contributed by atoms with Crippen molar-refractivity contribution >= 4 is 17.5 Å². The second-order valence-electron chi connectivity index (χ2n) is 9.94. The Labute approximate surface area is 188 Å². The highest BCUT2D eigenvalue weighted by molar-refractivity contribution is 5.79. The number of piperidine rings is 1. The van der Waals surface area contributed by atoms with E-state index in [4.69, 9.17) is 4.98 Å². The van der Waals surface area contributed by atoms with Crippen molar-refractivity contribution < 1.29 is 9.59 Å². The van der Waals surface area contributed by atoms with Gasteiger partial charge in [-0.05, 0) is 32.1 Å². The fraction of sp³-hybridized carbons (Fsp3) is 0.667. The van der Waals surface area contributed by atoms with E-state index >= 15 is 0 Å². The van der Waals surface area contributed by atoms with Crippen molar-refractivity contribution in [3.05, 3.63) is 33.4 Å². The van der Waals surface area contributed by atoms with Gasteiger partial charge in [-0.3, -0.25) is 19.5 Å². The topological polar surface area (TPSA) is 90.8 Å². The van der Waals surface area contributed by atoms with Crippen LogP contribution in [0, 0.1) is 11.8 Å². The summed E-state index contributed by atoms with van der Waals surface area (Å²) in [6.07, 6.45) is 7.72. The number of amides is 2.